The van der Waals surface area contributed by atoms with Gasteiger partial charge in [-0.05, 0) is 49.4 Å². The summed E-state index contributed by atoms with van der Waals surface area (Å²) < 4.78 is 46.1. The topological polar surface area (TPSA) is 101 Å². The van der Waals surface area contributed by atoms with E-state index in [4.69, 9.17) is 16.3 Å². The smallest absolute Gasteiger partial charge is 0.418 e. The Labute approximate surface area is 235 Å². The number of carbonyl (C=O) groups is 2. The van der Waals surface area contributed by atoms with Gasteiger partial charge in [0.15, 0.2) is 0 Å². The minimum atomic E-state index is -4.78. The first-order valence-corrected chi connectivity index (χ1v) is 13.7. The maximum Gasteiger partial charge on any atom is 0.418 e. The van der Waals surface area contributed by atoms with Crippen LogP contribution in [0.5, 0.6) is 0 Å². The predicted octanol–water partition coefficient (Wildman–Crippen LogP) is 6.39. The third-order valence-electron chi connectivity index (χ3n) is 6.57. The number of carbonyl (C=O) groups excluding carboxylic acids is 2. The Morgan fingerprint density at radius 2 is 1.88 bits per heavy atom. The van der Waals surface area contributed by atoms with Crippen molar-refractivity contribution in [3.8, 4) is 0 Å². The first-order chi connectivity index (χ1) is 19.1. The SMILES string of the molecule is O=C(CCc1nc2sc3c(c2c(=O)[nH]1)CCCC3)O[C@@H](C(=O)Nc1ccc(Cl)cc1C(F)(F)F)c1ccccc1. The highest BCUT2D eigenvalue weighted by molar-refractivity contribution is 7.18. The summed E-state index contributed by atoms with van der Waals surface area (Å²) in [5.41, 5.74) is -0.581. The van der Waals surface area contributed by atoms with E-state index in [9.17, 15) is 27.6 Å². The molecule has 1 amide bonds. The molecule has 1 aliphatic carbocycles. The number of nitrogens with zero attached hydrogens (tertiary/aromatic N) is 1. The molecule has 1 aliphatic rings. The van der Waals surface area contributed by atoms with Crippen molar-refractivity contribution < 1.29 is 27.5 Å². The quantitative estimate of drug-likeness (QED) is 0.243. The van der Waals surface area contributed by atoms with Crippen molar-refractivity contribution in [1.29, 1.82) is 0 Å². The fraction of sp³-hybridized carbons (Fsp3) is 0.286. The average molecular weight is 590 g/mol. The highest BCUT2D eigenvalue weighted by Gasteiger charge is 2.35. The van der Waals surface area contributed by atoms with Crippen molar-refractivity contribution in [2.75, 3.05) is 5.32 Å². The molecule has 0 aliphatic heterocycles. The van der Waals surface area contributed by atoms with Crippen LogP contribution in [0.4, 0.5) is 18.9 Å². The number of alkyl halides is 3. The molecule has 0 radical (unpaired) electrons. The Balaban J connectivity index is 1.33. The summed E-state index contributed by atoms with van der Waals surface area (Å²) >= 11 is 7.22. The summed E-state index contributed by atoms with van der Waals surface area (Å²) in [6.45, 7) is 0. The molecule has 0 fully saturated rings. The van der Waals surface area contributed by atoms with Gasteiger partial charge < -0.3 is 15.0 Å². The lowest BCUT2D eigenvalue weighted by Gasteiger charge is -2.20. The van der Waals surface area contributed by atoms with Gasteiger partial charge >= 0.3 is 12.1 Å². The van der Waals surface area contributed by atoms with Crippen molar-refractivity contribution in [3.63, 3.8) is 0 Å². The summed E-state index contributed by atoms with van der Waals surface area (Å²) in [4.78, 5) is 47.8. The monoisotopic (exact) mass is 589 g/mol. The number of H-pyrrole nitrogens is 1. The summed E-state index contributed by atoms with van der Waals surface area (Å²) in [6, 6.07) is 10.9. The first-order valence-electron chi connectivity index (χ1n) is 12.6. The van der Waals surface area contributed by atoms with E-state index in [1.807, 2.05) is 0 Å². The zero-order chi connectivity index (χ0) is 28.4. The summed E-state index contributed by atoms with van der Waals surface area (Å²) in [5.74, 6) is -1.45. The Kier molecular flexibility index (Phi) is 7.95. The van der Waals surface area contributed by atoms with Gasteiger partial charge in [0.1, 0.15) is 10.7 Å². The second-order valence-electron chi connectivity index (χ2n) is 9.36. The van der Waals surface area contributed by atoms with Crippen molar-refractivity contribution in [3.05, 3.63) is 91.3 Å². The molecule has 12 heteroatoms. The van der Waals surface area contributed by atoms with Gasteiger partial charge in [0.2, 0.25) is 6.10 Å². The zero-order valence-corrected chi connectivity index (χ0v) is 22.5. The van der Waals surface area contributed by atoms with Crippen LogP contribution in [-0.4, -0.2) is 21.8 Å². The number of amides is 1. The van der Waals surface area contributed by atoms with E-state index in [-0.39, 0.29) is 29.0 Å². The van der Waals surface area contributed by atoms with E-state index in [1.165, 1.54) is 34.4 Å². The second-order valence-corrected chi connectivity index (χ2v) is 10.9. The Morgan fingerprint density at radius 1 is 1.12 bits per heavy atom. The molecule has 0 saturated carbocycles. The Morgan fingerprint density at radius 3 is 2.62 bits per heavy atom. The molecule has 0 spiro atoms. The highest BCUT2D eigenvalue weighted by atomic mass is 35.5. The normalized spacial score (nSPS) is 14.0. The third-order valence-corrected chi connectivity index (χ3v) is 8.00. The Hall–Kier alpha value is -3.70. The number of aromatic amines is 1. The number of hydrogen-bond donors (Lipinski definition) is 2. The molecule has 1 atom stereocenters. The lowest BCUT2D eigenvalue weighted by molar-refractivity contribution is -0.154. The minimum absolute atomic E-state index is 0.0467. The fourth-order valence-corrected chi connectivity index (χ4v) is 6.15. The molecule has 0 bridgehead atoms. The van der Waals surface area contributed by atoms with Gasteiger partial charge in [-0.1, -0.05) is 41.9 Å². The number of anilines is 1. The maximum absolute atomic E-state index is 13.5. The molecular formula is C28H23ClF3N3O4S. The number of aromatic nitrogens is 2. The number of aryl methyl sites for hydroxylation is 3. The van der Waals surface area contributed by atoms with Gasteiger partial charge in [-0.25, -0.2) is 4.98 Å². The van der Waals surface area contributed by atoms with E-state index >= 15 is 0 Å². The molecule has 2 N–H and O–H groups in total. The van der Waals surface area contributed by atoms with Crippen molar-refractivity contribution in [2.24, 2.45) is 0 Å². The van der Waals surface area contributed by atoms with E-state index in [2.05, 4.69) is 15.3 Å². The summed E-state index contributed by atoms with van der Waals surface area (Å²) in [7, 11) is 0. The summed E-state index contributed by atoms with van der Waals surface area (Å²) in [5, 5.41) is 2.67. The van der Waals surface area contributed by atoms with Crippen LogP contribution in [0.1, 0.15) is 52.8 Å². The second kappa shape index (κ2) is 11.4. The van der Waals surface area contributed by atoms with Gasteiger partial charge in [0.05, 0.1) is 23.1 Å². The number of fused-ring (bicyclic) bond motifs is 3. The van der Waals surface area contributed by atoms with Gasteiger partial charge in [0.25, 0.3) is 11.5 Å². The lowest BCUT2D eigenvalue weighted by atomic mass is 9.97. The lowest BCUT2D eigenvalue weighted by Crippen LogP contribution is -2.27. The van der Waals surface area contributed by atoms with Crippen LogP contribution in [0.25, 0.3) is 10.2 Å². The third kappa shape index (κ3) is 6.05. The van der Waals surface area contributed by atoms with Crippen molar-refractivity contribution >= 4 is 50.7 Å². The van der Waals surface area contributed by atoms with Gasteiger partial charge in [-0.15, -0.1) is 11.3 Å². The molecule has 2 aromatic heterocycles. The van der Waals surface area contributed by atoms with Crippen molar-refractivity contribution in [1.82, 2.24) is 9.97 Å². The fourth-order valence-electron chi connectivity index (χ4n) is 4.70. The van der Waals surface area contributed by atoms with Crippen LogP contribution in [-0.2, 0) is 39.8 Å². The number of nitrogens with one attached hydrogen (secondary N) is 2. The molecule has 40 heavy (non-hydrogen) atoms. The van der Waals surface area contributed by atoms with Crippen molar-refractivity contribution in [2.45, 2.75) is 50.8 Å². The molecule has 0 saturated heterocycles. The number of thiophene rings is 1. The molecule has 2 heterocycles. The van der Waals surface area contributed by atoms with E-state index < -0.39 is 35.4 Å². The average Bonchev–Trinajstić information content (AvgIpc) is 3.30. The molecule has 5 rings (SSSR count). The van der Waals surface area contributed by atoms with Gasteiger partial charge in [-0.3, -0.25) is 14.4 Å². The number of esters is 1. The van der Waals surface area contributed by atoms with Crippen LogP contribution in [0.15, 0.2) is 53.3 Å². The zero-order valence-electron chi connectivity index (χ0n) is 20.9. The van der Waals surface area contributed by atoms with Crippen LogP contribution in [0.2, 0.25) is 5.02 Å². The molecule has 0 unspecified atom stereocenters. The first kappa shape index (κ1) is 27.9. The molecule has 208 valence electrons. The summed E-state index contributed by atoms with van der Waals surface area (Å²) in [6.07, 6.45) is -2.62. The van der Waals surface area contributed by atoms with E-state index in [0.717, 1.165) is 37.3 Å². The maximum atomic E-state index is 13.5. The van der Waals surface area contributed by atoms with E-state index in [1.54, 1.807) is 18.2 Å². The molecular weight excluding hydrogens is 567 g/mol. The van der Waals surface area contributed by atoms with Crippen LogP contribution >= 0.6 is 22.9 Å². The standard InChI is InChI=1S/C28H23ClF3N3O4S/c29-16-10-11-19(18(14-16)28(30,31)32)33-26(38)24(15-6-2-1-3-7-15)39-22(36)13-12-21-34-25(37)23-17-8-4-5-9-20(17)40-27(23)35-21/h1-3,6-7,10-11,14,24H,4-5,8-9,12-13H2,(H,33,38)(H,34,35,37)/t24-/m1/s1. The van der Waals surface area contributed by atoms with Gasteiger partial charge in [0, 0.05) is 21.9 Å². The number of benzene rings is 2. The van der Waals surface area contributed by atoms with Crippen LogP contribution in [0, 0.1) is 0 Å². The number of rotatable bonds is 7. The highest BCUT2D eigenvalue weighted by Crippen LogP contribution is 2.37. The molecule has 2 aromatic carbocycles. The van der Waals surface area contributed by atoms with Crippen LogP contribution in [0.3, 0.4) is 0 Å². The predicted molar refractivity (Wildman–Crippen MR) is 146 cm³/mol. The largest absolute Gasteiger partial charge is 0.447 e. The Bertz CT molecular complexity index is 1640. The molecule has 7 nitrogen and oxygen atoms in total. The van der Waals surface area contributed by atoms with Crippen LogP contribution < -0.4 is 10.9 Å². The molecule has 4 aromatic rings. The number of hydrogen-bond acceptors (Lipinski definition) is 6. The van der Waals surface area contributed by atoms with Gasteiger partial charge in [-0.2, -0.15) is 13.2 Å². The van der Waals surface area contributed by atoms with E-state index in [0.29, 0.717) is 22.1 Å². The minimum Gasteiger partial charge on any atom is -0.447 e. The number of ether oxygens (including phenoxy) is 1. The number of halogens is 4.